The van der Waals surface area contributed by atoms with Crippen LogP contribution in [0.4, 0.5) is 0 Å². The first-order valence-electron chi connectivity index (χ1n) is 6.81. The van der Waals surface area contributed by atoms with Gasteiger partial charge in [0.15, 0.2) is 0 Å². The maximum absolute atomic E-state index is 11.4. The number of likely N-dealkylation sites (tertiary alicyclic amines) is 1. The standard InChI is InChI=1S/C13H22N2O3/c1-14-11(16)6-3-7-15-8-9-4-2-5-10(9)12(15)13(17)18/h9-10,12H,2-8H2,1H3,(H,14,16)(H,17,18). The van der Waals surface area contributed by atoms with Crippen LogP contribution in [0, 0.1) is 11.8 Å². The summed E-state index contributed by atoms with van der Waals surface area (Å²) in [6, 6.07) is -0.317. The fraction of sp³-hybridized carbons (Fsp3) is 0.846. The SMILES string of the molecule is CNC(=O)CCCN1CC2CCCC2C1C(=O)O. The molecular formula is C13H22N2O3. The van der Waals surface area contributed by atoms with Crippen LogP contribution in [0.2, 0.25) is 0 Å². The highest BCUT2D eigenvalue weighted by Crippen LogP contribution is 2.42. The van der Waals surface area contributed by atoms with E-state index in [1.807, 2.05) is 0 Å². The minimum atomic E-state index is -0.690. The number of carbonyl (C=O) groups excluding carboxylic acids is 1. The molecule has 1 saturated carbocycles. The summed E-state index contributed by atoms with van der Waals surface area (Å²) < 4.78 is 0. The molecule has 0 aromatic heterocycles. The number of rotatable bonds is 5. The summed E-state index contributed by atoms with van der Waals surface area (Å²) in [6.45, 7) is 1.62. The van der Waals surface area contributed by atoms with Crippen molar-refractivity contribution in [2.24, 2.45) is 11.8 Å². The Kier molecular flexibility index (Phi) is 4.22. The van der Waals surface area contributed by atoms with E-state index in [9.17, 15) is 14.7 Å². The molecule has 1 aliphatic carbocycles. The largest absolute Gasteiger partial charge is 0.480 e. The monoisotopic (exact) mass is 254 g/mol. The van der Waals surface area contributed by atoms with Crippen LogP contribution in [0.25, 0.3) is 0 Å². The molecule has 102 valence electrons. The number of nitrogens with one attached hydrogen (secondary N) is 1. The predicted octanol–water partition coefficient (Wildman–Crippen LogP) is 0.698. The molecule has 18 heavy (non-hydrogen) atoms. The second kappa shape index (κ2) is 5.69. The molecule has 1 aliphatic heterocycles. The van der Waals surface area contributed by atoms with E-state index in [0.717, 1.165) is 25.9 Å². The molecule has 0 aromatic rings. The zero-order valence-corrected chi connectivity index (χ0v) is 10.9. The maximum atomic E-state index is 11.4. The fourth-order valence-electron chi connectivity index (χ4n) is 3.53. The number of carboxylic acids is 1. The van der Waals surface area contributed by atoms with Gasteiger partial charge in [-0.3, -0.25) is 14.5 Å². The Morgan fingerprint density at radius 3 is 2.83 bits per heavy atom. The average molecular weight is 254 g/mol. The number of hydrogen-bond acceptors (Lipinski definition) is 3. The van der Waals surface area contributed by atoms with E-state index >= 15 is 0 Å². The van der Waals surface area contributed by atoms with Crippen LogP contribution in [0.15, 0.2) is 0 Å². The Morgan fingerprint density at radius 1 is 1.39 bits per heavy atom. The molecule has 5 nitrogen and oxygen atoms in total. The number of carbonyl (C=O) groups is 2. The molecule has 0 aromatic carbocycles. The lowest BCUT2D eigenvalue weighted by atomic mass is 9.94. The molecule has 2 aliphatic rings. The molecule has 3 atom stereocenters. The topological polar surface area (TPSA) is 69.6 Å². The van der Waals surface area contributed by atoms with Gasteiger partial charge in [0.1, 0.15) is 6.04 Å². The third-order valence-corrected chi connectivity index (χ3v) is 4.37. The van der Waals surface area contributed by atoms with E-state index in [0.29, 0.717) is 18.3 Å². The Balaban J connectivity index is 1.87. The minimum absolute atomic E-state index is 0.0290. The summed E-state index contributed by atoms with van der Waals surface area (Å²) >= 11 is 0. The first-order valence-corrected chi connectivity index (χ1v) is 6.81. The molecule has 2 fully saturated rings. The number of fused-ring (bicyclic) bond motifs is 1. The third kappa shape index (κ3) is 2.66. The van der Waals surface area contributed by atoms with Crippen molar-refractivity contribution in [2.45, 2.75) is 38.1 Å². The molecule has 2 rings (SSSR count). The van der Waals surface area contributed by atoms with Crippen LogP contribution in [-0.4, -0.2) is 48.1 Å². The van der Waals surface area contributed by atoms with Gasteiger partial charge in [-0.2, -0.15) is 0 Å². The highest BCUT2D eigenvalue weighted by atomic mass is 16.4. The van der Waals surface area contributed by atoms with E-state index in [2.05, 4.69) is 10.2 Å². The molecule has 0 radical (unpaired) electrons. The molecular weight excluding hydrogens is 232 g/mol. The number of aliphatic carboxylic acids is 1. The van der Waals surface area contributed by atoms with Gasteiger partial charge in [-0.25, -0.2) is 0 Å². The second-order valence-corrected chi connectivity index (χ2v) is 5.41. The van der Waals surface area contributed by atoms with Crippen molar-refractivity contribution in [3.8, 4) is 0 Å². The normalized spacial score (nSPS) is 31.3. The van der Waals surface area contributed by atoms with Crippen molar-refractivity contribution in [3.05, 3.63) is 0 Å². The van der Waals surface area contributed by atoms with Crippen LogP contribution >= 0.6 is 0 Å². The highest BCUT2D eigenvalue weighted by Gasteiger charge is 2.47. The second-order valence-electron chi connectivity index (χ2n) is 5.41. The number of carboxylic acid groups (broad SMARTS) is 1. The molecule has 1 saturated heterocycles. The summed E-state index contributed by atoms with van der Waals surface area (Å²) in [4.78, 5) is 24.6. The molecule has 1 heterocycles. The van der Waals surface area contributed by atoms with Gasteiger partial charge in [0.2, 0.25) is 5.91 Å². The van der Waals surface area contributed by atoms with E-state index in [4.69, 9.17) is 0 Å². The predicted molar refractivity (Wildman–Crippen MR) is 67.1 cm³/mol. The number of nitrogens with zero attached hydrogens (tertiary/aromatic N) is 1. The summed E-state index contributed by atoms with van der Waals surface area (Å²) in [5, 5.41) is 12.0. The van der Waals surface area contributed by atoms with E-state index in [1.54, 1.807) is 7.05 Å². The van der Waals surface area contributed by atoms with Crippen LogP contribution in [-0.2, 0) is 9.59 Å². The Hall–Kier alpha value is -1.10. The number of hydrogen-bond donors (Lipinski definition) is 2. The van der Waals surface area contributed by atoms with Crippen molar-refractivity contribution < 1.29 is 14.7 Å². The maximum Gasteiger partial charge on any atom is 0.321 e. The third-order valence-electron chi connectivity index (χ3n) is 4.37. The van der Waals surface area contributed by atoms with E-state index in [1.165, 1.54) is 12.8 Å². The zero-order chi connectivity index (χ0) is 13.1. The van der Waals surface area contributed by atoms with E-state index < -0.39 is 5.97 Å². The van der Waals surface area contributed by atoms with Gasteiger partial charge in [-0.15, -0.1) is 0 Å². The molecule has 3 unspecified atom stereocenters. The van der Waals surface area contributed by atoms with Crippen molar-refractivity contribution in [1.82, 2.24) is 10.2 Å². The smallest absolute Gasteiger partial charge is 0.321 e. The summed E-state index contributed by atoms with van der Waals surface area (Å²) in [5.41, 5.74) is 0. The van der Waals surface area contributed by atoms with Crippen molar-refractivity contribution in [2.75, 3.05) is 20.1 Å². The lowest BCUT2D eigenvalue weighted by Gasteiger charge is -2.23. The van der Waals surface area contributed by atoms with Gasteiger partial charge in [-0.1, -0.05) is 6.42 Å². The lowest BCUT2D eigenvalue weighted by Crippen LogP contribution is -2.40. The molecule has 5 heteroatoms. The summed E-state index contributed by atoms with van der Waals surface area (Å²) in [5.74, 6) is 0.235. The Labute approximate surface area is 108 Å². The highest BCUT2D eigenvalue weighted by molar-refractivity contribution is 5.75. The van der Waals surface area contributed by atoms with E-state index in [-0.39, 0.29) is 11.9 Å². The lowest BCUT2D eigenvalue weighted by molar-refractivity contribution is -0.143. The van der Waals surface area contributed by atoms with Crippen LogP contribution < -0.4 is 5.32 Å². The quantitative estimate of drug-likeness (QED) is 0.757. The van der Waals surface area contributed by atoms with Gasteiger partial charge < -0.3 is 10.4 Å². The van der Waals surface area contributed by atoms with Crippen molar-refractivity contribution in [1.29, 1.82) is 0 Å². The van der Waals surface area contributed by atoms with Gasteiger partial charge in [0.25, 0.3) is 0 Å². The Bertz CT molecular complexity index is 332. The first kappa shape index (κ1) is 13.3. The fourth-order valence-corrected chi connectivity index (χ4v) is 3.53. The zero-order valence-electron chi connectivity index (χ0n) is 10.9. The van der Waals surface area contributed by atoms with Gasteiger partial charge >= 0.3 is 5.97 Å². The molecule has 2 N–H and O–H groups in total. The van der Waals surface area contributed by atoms with Crippen LogP contribution in [0.1, 0.15) is 32.1 Å². The molecule has 0 bridgehead atoms. The van der Waals surface area contributed by atoms with Gasteiger partial charge in [0.05, 0.1) is 0 Å². The van der Waals surface area contributed by atoms with Crippen LogP contribution in [0.3, 0.4) is 0 Å². The van der Waals surface area contributed by atoms with Crippen molar-refractivity contribution in [3.63, 3.8) is 0 Å². The number of amides is 1. The minimum Gasteiger partial charge on any atom is -0.480 e. The van der Waals surface area contributed by atoms with Gasteiger partial charge in [-0.05, 0) is 37.6 Å². The summed E-state index contributed by atoms with van der Waals surface area (Å²) in [7, 11) is 1.63. The molecule has 0 spiro atoms. The average Bonchev–Trinajstić information content (AvgIpc) is 2.87. The van der Waals surface area contributed by atoms with Crippen molar-refractivity contribution >= 4 is 11.9 Å². The Morgan fingerprint density at radius 2 is 2.17 bits per heavy atom. The first-order chi connectivity index (χ1) is 8.63. The molecule has 1 amide bonds. The van der Waals surface area contributed by atoms with Gasteiger partial charge in [0, 0.05) is 20.0 Å². The van der Waals surface area contributed by atoms with Crippen LogP contribution in [0.5, 0.6) is 0 Å². The summed E-state index contributed by atoms with van der Waals surface area (Å²) in [6.07, 6.45) is 4.61.